The van der Waals surface area contributed by atoms with Gasteiger partial charge in [0.05, 0.1) is 6.54 Å². The average Bonchev–Trinajstić information content (AvgIpc) is 3.29. The molecule has 1 aliphatic heterocycles. The van der Waals surface area contributed by atoms with Crippen LogP contribution >= 0.6 is 0 Å². The van der Waals surface area contributed by atoms with Gasteiger partial charge in [-0.05, 0) is 6.92 Å². The minimum atomic E-state index is -0.519. The number of benzene rings is 3. The van der Waals surface area contributed by atoms with Gasteiger partial charge in [0.2, 0.25) is 11.7 Å². The van der Waals surface area contributed by atoms with E-state index in [0.29, 0.717) is 11.7 Å². The molecule has 0 spiro atoms. The molecular formula is C27H27N4O+. The smallest absolute Gasteiger partial charge is 0.242 e. The predicted molar refractivity (Wildman–Crippen MR) is 125 cm³/mol. The van der Waals surface area contributed by atoms with E-state index in [1.165, 1.54) is 16.7 Å². The van der Waals surface area contributed by atoms with E-state index in [2.05, 4.69) is 118 Å². The quantitative estimate of drug-likeness (QED) is 0.380. The summed E-state index contributed by atoms with van der Waals surface area (Å²) in [7, 11) is 0. The normalized spacial score (nSPS) is 16.6. The fourth-order valence-electron chi connectivity index (χ4n) is 4.83. The molecule has 0 bridgehead atoms. The van der Waals surface area contributed by atoms with Gasteiger partial charge >= 0.3 is 0 Å². The zero-order chi connectivity index (χ0) is 22.0. The Bertz CT molecular complexity index is 1120. The highest BCUT2D eigenvalue weighted by Crippen LogP contribution is 2.41. The lowest BCUT2D eigenvalue weighted by Gasteiger charge is -2.39. The van der Waals surface area contributed by atoms with E-state index in [9.17, 15) is 0 Å². The first-order valence-corrected chi connectivity index (χ1v) is 11.0. The first-order valence-electron chi connectivity index (χ1n) is 11.0. The molecule has 0 aliphatic carbocycles. The van der Waals surface area contributed by atoms with Crippen LogP contribution in [0.1, 0.15) is 41.2 Å². The third-order valence-electron chi connectivity index (χ3n) is 6.28. The maximum Gasteiger partial charge on any atom is 0.242 e. The van der Waals surface area contributed by atoms with Crippen molar-refractivity contribution in [1.29, 1.82) is 0 Å². The van der Waals surface area contributed by atoms with Crippen LogP contribution in [0.5, 0.6) is 0 Å². The van der Waals surface area contributed by atoms with E-state index in [0.717, 1.165) is 18.9 Å². The molecular weight excluding hydrogens is 396 g/mol. The second-order valence-corrected chi connectivity index (χ2v) is 8.26. The van der Waals surface area contributed by atoms with Gasteiger partial charge in [0.1, 0.15) is 12.5 Å². The Hall–Kier alpha value is -3.73. The van der Waals surface area contributed by atoms with Crippen LogP contribution in [0.4, 0.5) is 0 Å². The third kappa shape index (κ3) is 3.40. The first kappa shape index (κ1) is 20.2. The number of hydrogen-bond donors (Lipinski definition) is 1. The molecule has 5 rings (SSSR count). The number of amidine groups is 1. The van der Waals surface area contributed by atoms with E-state index < -0.39 is 5.54 Å². The van der Waals surface area contributed by atoms with Crippen LogP contribution in [0.2, 0.25) is 0 Å². The van der Waals surface area contributed by atoms with Crippen molar-refractivity contribution in [2.24, 2.45) is 0 Å². The Kier molecular flexibility index (Phi) is 5.31. The molecule has 1 aliphatic rings. The summed E-state index contributed by atoms with van der Waals surface area (Å²) in [5.74, 6) is 2.54. The van der Waals surface area contributed by atoms with Gasteiger partial charge in [0, 0.05) is 23.6 Å². The number of hydrogen-bond acceptors (Lipinski definition) is 4. The molecule has 1 atom stereocenters. The molecule has 1 unspecified atom stereocenters. The number of aryl methyl sites for hydroxylation is 1. The molecule has 0 saturated carbocycles. The summed E-state index contributed by atoms with van der Waals surface area (Å²) in [5.41, 5.74) is 3.11. The lowest BCUT2D eigenvalue weighted by Crippen LogP contribution is -2.53. The van der Waals surface area contributed by atoms with Crippen molar-refractivity contribution in [2.45, 2.75) is 25.3 Å². The molecule has 2 heterocycles. The number of nitrogens with zero attached hydrogens (tertiary/aromatic N) is 3. The van der Waals surface area contributed by atoms with Crippen molar-refractivity contribution in [2.75, 3.05) is 13.1 Å². The largest absolute Gasteiger partial charge is 0.339 e. The fraction of sp³-hybridized carbons (Fsp3) is 0.222. The van der Waals surface area contributed by atoms with Crippen molar-refractivity contribution in [3.63, 3.8) is 0 Å². The van der Waals surface area contributed by atoms with Gasteiger partial charge < -0.3 is 4.52 Å². The SMILES string of the molecule is CC1=[N+](C(c2ccccc2)(c2ccccc2)c2ccccc2)CC(c2nc(C)no2)CN1. The van der Waals surface area contributed by atoms with Crippen molar-refractivity contribution < 1.29 is 9.10 Å². The summed E-state index contributed by atoms with van der Waals surface area (Å²) in [6.07, 6.45) is 0. The average molecular weight is 424 g/mol. The van der Waals surface area contributed by atoms with Gasteiger partial charge in [-0.2, -0.15) is 4.98 Å². The third-order valence-corrected chi connectivity index (χ3v) is 6.28. The second-order valence-electron chi connectivity index (χ2n) is 8.26. The molecule has 5 heteroatoms. The van der Waals surface area contributed by atoms with E-state index in [4.69, 9.17) is 4.52 Å². The number of aromatic nitrogens is 2. The molecule has 0 amide bonds. The van der Waals surface area contributed by atoms with Crippen molar-refractivity contribution in [3.05, 3.63) is 119 Å². The monoisotopic (exact) mass is 423 g/mol. The van der Waals surface area contributed by atoms with Gasteiger partial charge in [-0.3, -0.25) is 5.32 Å². The summed E-state index contributed by atoms with van der Waals surface area (Å²) in [5, 5.41) is 7.65. The Morgan fingerprint density at radius 2 is 1.31 bits per heavy atom. The zero-order valence-corrected chi connectivity index (χ0v) is 18.4. The van der Waals surface area contributed by atoms with Gasteiger partial charge in [-0.15, -0.1) is 0 Å². The molecule has 0 radical (unpaired) electrons. The second kappa shape index (κ2) is 8.42. The Balaban J connectivity index is 1.78. The predicted octanol–water partition coefficient (Wildman–Crippen LogP) is 4.49. The van der Waals surface area contributed by atoms with Crippen LogP contribution in [0.3, 0.4) is 0 Å². The highest BCUT2D eigenvalue weighted by atomic mass is 16.5. The van der Waals surface area contributed by atoms with Crippen LogP contribution < -0.4 is 5.32 Å². The maximum atomic E-state index is 5.58. The Morgan fingerprint density at radius 3 is 1.75 bits per heavy atom. The van der Waals surface area contributed by atoms with E-state index in [-0.39, 0.29) is 5.92 Å². The highest BCUT2D eigenvalue weighted by molar-refractivity contribution is 5.75. The molecule has 32 heavy (non-hydrogen) atoms. The summed E-state index contributed by atoms with van der Waals surface area (Å²) >= 11 is 0. The Morgan fingerprint density at radius 1 is 0.812 bits per heavy atom. The molecule has 1 N–H and O–H groups in total. The Labute approximate surface area is 188 Å². The minimum Gasteiger partial charge on any atom is -0.339 e. The molecule has 1 aromatic heterocycles. The van der Waals surface area contributed by atoms with Crippen LogP contribution in [-0.4, -0.2) is 33.6 Å². The van der Waals surface area contributed by atoms with E-state index >= 15 is 0 Å². The minimum absolute atomic E-state index is 0.0791. The fourth-order valence-corrected chi connectivity index (χ4v) is 4.83. The van der Waals surface area contributed by atoms with Gasteiger partial charge in [-0.25, -0.2) is 4.58 Å². The highest BCUT2D eigenvalue weighted by Gasteiger charge is 2.47. The molecule has 0 saturated heterocycles. The van der Waals surface area contributed by atoms with Gasteiger partial charge in [0.25, 0.3) is 0 Å². The molecule has 4 aromatic rings. The molecule has 160 valence electrons. The van der Waals surface area contributed by atoms with Crippen LogP contribution in [0.15, 0.2) is 95.5 Å². The van der Waals surface area contributed by atoms with Crippen molar-refractivity contribution >= 4 is 5.84 Å². The number of rotatable bonds is 5. The summed E-state index contributed by atoms with van der Waals surface area (Å²) in [4.78, 5) is 4.54. The van der Waals surface area contributed by atoms with Crippen LogP contribution in [0.25, 0.3) is 0 Å². The lowest BCUT2D eigenvalue weighted by molar-refractivity contribution is -0.603. The standard InChI is InChI=1S/C27H26N4O/c1-20-29-26(32-30-20)22-18-28-21(2)31(19-22)27(23-12-6-3-7-13-23,24-14-8-4-9-15-24)25-16-10-5-11-17-25/h3-17,22H,18-19H2,1-2H3/p+1. The van der Waals surface area contributed by atoms with Gasteiger partial charge in [-0.1, -0.05) is 96.2 Å². The van der Waals surface area contributed by atoms with E-state index in [1.807, 2.05) is 6.92 Å². The van der Waals surface area contributed by atoms with Crippen molar-refractivity contribution in [3.8, 4) is 0 Å². The maximum absolute atomic E-state index is 5.58. The van der Waals surface area contributed by atoms with Crippen LogP contribution in [0, 0.1) is 6.92 Å². The van der Waals surface area contributed by atoms with Gasteiger partial charge in [0.15, 0.2) is 11.4 Å². The van der Waals surface area contributed by atoms with E-state index in [1.54, 1.807) is 0 Å². The first-order chi connectivity index (χ1) is 15.7. The van der Waals surface area contributed by atoms with Crippen LogP contribution in [-0.2, 0) is 5.54 Å². The summed E-state index contributed by atoms with van der Waals surface area (Å²) in [6, 6.07) is 32.2. The molecule has 3 aromatic carbocycles. The summed E-state index contributed by atoms with van der Waals surface area (Å²) in [6.45, 7) is 5.52. The lowest BCUT2D eigenvalue weighted by atomic mass is 9.75. The number of nitrogens with one attached hydrogen (secondary N) is 1. The summed E-state index contributed by atoms with van der Waals surface area (Å²) < 4.78 is 8.04. The zero-order valence-electron chi connectivity index (χ0n) is 18.4. The molecule has 5 nitrogen and oxygen atoms in total. The van der Waals surface area contributed by atoms with Crippen molar-refractivity contribution in [1.82, 2.24) is 15.5 Å². The molecule has 0 fully saturated rings. The topological polar surface area (TPSA) is 54.0 Å².